The maximum atomic E-state index is 14.1. The Balaban J connectivity index is 2.53. The minimum absolute atomic E-state index is 0.252. The Morgan fingerprint density at radius 2 is 2.15 bits per heavy atom. The Morgan fingerprint density at radius 3 is 2.85 bits per heavy atom. The van der Waals surface area contributed by atoms with Crippen molar-refractivity contribution in [2.24, 2.45) is 0 Å². The Morgan fingerprint density at radius 1 is 1.35 bits per heavy atom. The highest BCUT2D eigenvalue weighted by atomic mass is 79.9. The van der Waals surface area contributed by atoms with Crippen LogP contribution in [0.5, 0.6) is 5.75 Å². The van der Waals surface area contributed by atoms with Crippen molar-refractivity contribution in [3.8, 4) is 5.75 Å². The molecule has 0 fully saturated rings. The lowest BCUT2D eigenvalue weighted by molar-refractivity contribution is 0.401. The number of pyridine rings is 1. The molecule has 0 saturated carbocycles. The van der Waals surface area contributed by atoms with Gasteiger partial charge in [0.25, 0.3) is 0 Å². The molecule has 0 bridgehead atoms. The monoisotopic (exact) mass is 338 g/mol. The van der Waals surface area contributed by atoms with Crippen LogP contribution in [-0.2, 0) is 0 Å². The van der Waals surface area contributed by atoms with Crippen LogP contribution in [0.4, 0.5) is 4.39 Å². The summed E-state index contributed by atoms with van der Waals surface area (Å²) in [6, 6.07) is 6.48. The van der Waals surface area contributed by atoms with E-state index >= 15 is 0 Å². The molecule has 1 aromatic carbocycles. The highest BCUT2D eigenvalue weighted by molar-refractivity contribution is 9.10. The van der Waals surface area contributed by atoms with E-state index in [1.807, 2.05) is 13.0 Å². The summed E-state index contributed by atoms with van der Waals surface area (Å²) in [7, 11) is 1.58. The summed E-state index contributed by atoms with van der Waals surface area (Å²) in [5.74, 6) is 0.385. The molecule has 0 aliphatic carbocycles. The van der Waals surface area contributed by atoms with Gasteiger partial charge in [0.1, 0.15) is 11.6 Å². The largest absolute Gasteiger partial charge is 0.495 e. The van der Waals surface area contributed by atoms with Gasteiger partial charge in [-0.25, -0.2) is 4.39 Å². The lowest BCUT2D eigenvalue weighted by Crippen LogP contribution is -2.23. The minimum atomic E-state index is -0.282. The maximum absolute atomic E-state index is 14.1. The van der Waals surface area contributed by atoms with Crippen molar-refractivity contribution in [2.75, 3.05) is 13.7 Å². The smallest absolute Gasteiger partial charge is 0.142 e. The summed E-state index contributed by atoms with van der Waals surface area (Å²) >= 11 is 3.39. The number of hydrogen-bond acceptors (Lipinski definition) is 3. The number of aromatic nitrogens is 1. The third-order valence-electron chi connectivity index (χ3n) is 3.02. The summed E-state index contributed by atoms with van der Waals surface area (Å²) in [6.45, 7) is 2.69. The molecule has 5 heteroatoms. The molecule has 0 spiro atoms. The van der Waals surface area contributed by atoms with E-state index in [9.17, 15) is 4.39 Å². The van der Waals surface area contributed by atoms with Crippen molar-refractivity contribution < 1.29 is 9.13 Å². The van der Waals surface area contributed by atoms with Crippen LogP contribution in [0.1, 0.15) is 24.1 Å². The van der Waals surface area contributed by atoms with Crippen LogP contribution in [-0.4, -0.2) is 18.6 Å². The molecule has 3 nitrogen and oxygen atoms in total. The highest BCUT2D eigenvalue weighted by Crippen LogP contribution is 2.31. The molecule has 1 atom stereocenters. The van der Waals surface area contributed by atoms with Crippen molar-refractivity contribution in [3.05, 3.63) is 58.1 Å². The van der Waals surface area contributed by atoms with Gasteiger partial charge in [0.2, 0.25) is 0 Å². The number of rotatable bonds is 5. The first kappa shape index (κ1) is 14.9. The number of nitrogens with zero attached hydrogens (tertiary/aromatic N) is 1. The molecule has 0 saturated heterocycles. The van der Waals surface area contributed by atoms with E-state index < -0.39 is 0 Å². The zero-order valence-electron chi connectivity index (χ0n) is 11.4. The topological polar surface area (TPSA) is 34.2 Å². The van der Waals surface area contributed by atoms with Gasteiger partial charge < -0.3 is 10.1 Å². The molecule has 2 rings (SSSR count). The summed E-state index contributed by atoms with van der Waals surface area (Å²) < 4.78 is 20.3. The molecular formula is C15H16BrFN2O. The van der Waals surface area contributed by atoms with E-state index in [0.717, 1.165) is 10.0 Å². The summed E-state index contributed by atoms with van der Waals surface area (Å²) in [4.78, 5) is 4.04. The van der Waals surface area contributed by atoms with Crippen LogP contribution < -0.4 is 10.1 Å². The van der Waals surface area contributed by atoms with Gasteiger partial charge in [0, 0.05) is 21.8 Å². The van der Waals surface area contributed by atoms with Crippen molar-refractivity contribution in [3.63, 3.8) is 0 Å². The van der Waals surface area contributed by atoms with Gasteiger partial charge in [-0.05, 0) is 30.8 Å². The quantitative estimate of drug-likeness (QED) is 0.902. The maximum Gasteiger partial charge on any atom is 0.142 e. The number of hydrogen-bond donors (Lipinski definition) is 1. The molecule has 20 heavy (non-hydrogen) atoms. The predicted octanol–water partition coefficient (Wildman–Crippen LogP) is 3.69. The van der Waals surface area contributed by atoms with Gasteiger partial charge in [0.15, 0.2) is 0 Å². The highest BCUT2D eigenvalue weighted by Gasteiger charge is 2.20. The van der Waals surface area contributed by atoms with Crippen LogP contribution in [0.3, 0.4) is 0 Å². The Kier molecular flexibility index (Phi) is 5.09. The number of halogens is 2. The van der Waals surface area contributed by atoms with Crippen LogP contribution in [0.25, 0.3) is 0 Å². The van der Waals surface area contributed by atoms with Gasteiger partial charge in [0.05, 0.1) is 19.3 Å². The van der Waals surface area contributed by atoms with E-state index in [-0.39, 0.29) is 11.9 Å². The van der Waals surface area contributed by atoms with Gasteiger partial charge in [-0.15, -0.1) is 0 Å². The molecule has 0 amide bonds. The SMILES string of the molecule is CCNC(c1cc(Br)ccc1F)c1ccncc1OC. The predicted molar refractivity (Wildman–Crippen MR) is 80.4 cm³/mol. The van der Waals surface area contributed by atoms with Gasteiger partial charge in [-0.3, -0.25) is 4.98 Å². The van der Waals surface area contributed by atoms with E-state index in [1.54, 1.807) is 31.6 Å². The number of methoxy groups -OCH3 is 1. The second-order valence-corrected chi connectivity index (χ2v) is 5.19. The second kappa shape index (κ2) is 6.81. The zero-order valence-corrected chi connectivity index (χ0v) is 12.9. The third kappa shape index (κ3) is 3.16. The van der Waals surface area contributed by atoms with Crippen molar-refractivity contribution in [2.45, 2.75) is 13.0 Å². The van der Waals surface area contributed by atoms with E-state index in [1.165, 1.54) is 6.07 Å². The molecule has 0 aliphatic rings. The molecular weight excluding hydrogens is 323 g/mol. The Bertz CT molecular complexity index is 592. The molecule has 2 aromatic rings. The van der Waals surface area contributed by atoms with Crippen LogP contribution >= 0.6 is 15.9 Å². The van der Waals surface area contributed by atoms with Crippen molar-refractivity contribution in [1.82, 2.24) is 10.3 Å². The van der Waals surface area contributed by atoms with Crippen LogP contribution in [0, 0.1) is 5.82 Å². The summed E-state index contributed by atoms with van der Waals surface area (Å²) in [5, 5.41) is 3.29. The second-order valence-electron chi connectivity index (χ2n) is 4.27. The van der Waals surface area contributed by atoms with E-state index in [2.05, 4.69) is 26.2 Å². The van der Waals surface area contributed by atoms with Crippen molar-refractivity contribution in [1.29, 1.82) is 0 Å². The number of benzene rings is 1. The molecule has 1 unspecified atom stereocenters. The van der Waals surface area contributed by atoms with Crippen LogP contribution in [0.15, 0.2) is 41.1 Å². The Labute approximate surface area is 126 Å². The molecule has 1 N–H and O–H groups in total. The lowest BCUT2D eigenvalue weighted by atomic mass is 9.98. The molecule has 0 radical (unpaired) electrons. The standard InChI is InChI=1S/C15H16BrFN2O/c1-3-19-15(11-6-7-18-9-14(11)20-2)12-8-10(16)4-5-13(12)17/h4-9,15,19H,3H2,1-2H3. The fourth-order valence-corrected chi connectivity index (χ4v) is 2.51. The normalized spacial score (nSPS) is 12.2. The average Bonchev–Trinajstić information content (AvgIpc) is 2.47. The van der Waals surface area contributed by atoms with E-state index in [4.69, 9.17) is 4.74 Å². The first-order valence-electron chi connectivity index (χ1n) is 6.33. The molecule has 1 aromatic heterocycles. The first-order valence-corrected chi connectivity index (χ1v) is 7.13. The fourth-order valence-electron chi connectivity index (χ4n) is 2.13. The van der Waals surface area contributed by atoms with Gasteiger partial charge >= 0.3 is 0 Å². The minimum Gasteiger partial charge on any atom is -0.495 e. The first-order chi connectivity index (χ1) is 9.67. The molecule has 1 heterocycles. The molecule has 106 valence electrons. The van der Waals surface area contributed by atoms with Crippen LogP contribution in [0.2, 0.25) is 0 Å². The number of ether oxygens (including phenoxy) is 1. The van der Waals surface area contributed by atoms with Crippen molar-refractivity contribution >= 4 is 15.9 Å². The summed E-state index contributed by atoms with van der Waals surface area (Å²) in [5.41, 5.74) is 1.44. The van der Waals surface area contributed by atoms with Gasteiger partial charge in [-0.2, -0.15) is 0 Å². The lowest BCUT2D eigenvalue weighted by Gasteiger charge is -2.21. The van der Waals surface area contributed by atoms with Gasteiger partial charge in [-0.1, -0.05) is 22.9 Å². The number of nitrogens with one attached hydrogen (secondary N) is 1. The Hall–Kier alpha value is -1.46. The average molecular weight is 339 g/mol. The van der Waals surface area contributed by atoms with E-state index in [0.29, 0.717) is 17.9 Å². The fraction of sp³-hybridized carbons (Fsp3) is 0.267. The third-order valence-corrected chi connectivity index (χ3v) is 3.52. The summed E-state index contributed by atoms with van der Waals surface area (Å²) in [6.07, 6.45) is 3.31. The molecule has 0 aliphatic heterocycles. The zero-order chi connectivity index (χ0) is 14.5.